The maximum Gasteiger partial charge on any atom is 0.573 e. The molecule has 0 atom stereocenters. The van der Waals surface area contributed by atoms with Gasteiger partial charge in [0.2, 0.25) is 0 Å². The lowest BCUT2D eigenvalue weighted by Crippen LogP contribution is -2.17. The summed E-state index contributed by atoms with van der Waals surface area (Å²) in [4.78, 5) is 4.37. The van der Waals surface area contributed by atoms with Crippen LogP contribution in [0.25, 0.3) is 10.9 Å². The van der Waals surface area contributed by atoms with Crippen LogP contribution in [0.2, 0.25) is 5.02 Å². The minimum atomic E-state index is -4.72. The summed E-state index contributed by atoms with van der Waals surface area (Å²) in [5.74, 6) is -0.168. The van der Waals surface area contributed by atoms with Crippen LogP contribution in [0, 0.1) is 6.92 Å². The molecule has 0 aliphatic carbocycles. The summed E-state index contributed by atoms with van der Waals surface area (Å²) in [5.41, 5.74) is 2.16. The van der Waals surface area contributed by atoms with Crippen LogP contribution >= 0.6 is 11.6 Å². The molecule has 0 radical (unpaired) electrons. The summed E-state index contributed by atoms with van der Waals surface area (Å²) in [6.07, 6.45) is -4.72. The van der Waals surface area contributed by atoms with Gasteiger partial charge in [-0.2, -0.15) is 0 Å². The number of aromatic nitrogens is 1. The average molecular weight is 304 g/mol. The first kappa shape index (κ1) is 14.9. The number of fused-ring (bicyclic) bond motifs is 1. The van der Waals surface area contributed by atoms with Crippen LogP contribution in [-0.2, 0) is 0 Å². The second-order valence-corrected chi connectivity index (χ2v) is 5.18. The van der Waals surface area contributed by atoms with E-state index in [1.807, 2.05) is 20.8 Å². The number of nitrogens with zero attached hydrogens (tertiary/aromatic N) is 1. The van der Waals surface area contributed by atoms with Gasteiger partial charge in [0.1, 0.15) is 5.75 Å². The Morgan fingerprint density at radius 1 is 1.25 bits per heavy atom. The standard InChI is InChI=1S/C14H13ClF3NO/c1-7(2)12-8(3)19-11-5-4-9(20-14(16,17)18)6-10(11)13(12)15/h4-7H,1-3H3. The highest BCUT2D eigenvalue weighted by Gasteiger charge is 2.31. The van der Waals surface area contributed by atoms with Gasteiger partial charge in [0.25, 0.3) is 0 Å². The molecular weight excluding hydrogens is 291 g/mol. The van der Waals surface area contributed by atoms with Crippen LogP contribution in [0.4, 0.5) is 13.2 Å². The van der Waals surface area contributed by atoms with E-state index in [9.17, 15) is 13.2 Å². The lowest BCUT2D eigenvalue weighted by Gasteiger charge is -2.15. The first-order chi connectivity index (χ1) is 9.19. The fourth-order valence-electron chi connectivity index (χ4n) is 2.20. The van der Waals surface area contributed by atoms with Gasteiger partial charge >= 0.3 is 6.36 Å². The van der Waals surface area contributed by atoms with E-state index in [0.717, 1.165) is 11.3 Å². The van der Waals surface area contributed by atoms with Crippen molar-refractivity contribution in [1.29, 1.82) is 0 Å². The van der Waals surface area contributed by atoms with Gasteiger partial charge in [-0.05, 0) is 36.6 Å². The van der Waals surface area contributed by atoms with Gasteiger partial charge in [0.15, 0.2) is 0 Å². The molecule has 0 saturated carbocycles. The van der Waals surface area contributed by atoms with E-state index in [1.165, 1.54) is 18.2 Å². The zero-order valence-electron chi connectivity index (χ0n) is 11.2. The zero-order valence-corrected chi connectivity index (χ0v) is 11.9. The van der Waals surface area contributed by atoms with Gasteiger partial charge < -0.3 is 4.74 Å². The fourth-order valence-corrected chi connectivity index (χ4v) is 2.71. The molecule has 20 heavy (non-hydrogen) atoms. The molecule has 0 spiro atoms. The zero-order chi connectivity index (χ0) is 15.1. The molecule has 6 heteroatoms. The molecule has 0 amide bonds. The lowest BCUT2D eigenvalue weighted by molar-refractivity contribution is -0.274. The Labute approximate surface area is 119 Å². The number of benzene rings is 1. The van der Waals surface area contributed by atoms with Crippen LogP contribution in [0.1, 0.15) is 31.0 Å². The SMILES string of the molecule is Cc1nc2ccc(OC(F)(F)F)cc2c(Cl)c1C(C)C. The topological polar surface area (TPSA) is 22.1 Å². The Balaban J connectivity index is 2.62. The third kappa shape index (κ3) is 2.98. The Bertz CT molecular complexity index is 653. The molecule has 108 valence electrons. The summed E-state index contributed by atoms with van der Waals surface area (Å²) >= 11 is 6.31. The second-order valence-electron chi connectivity index (χ2n) is 4.81. The summed E-state index contributed by atoms with van der Waals surface area (Å²) < 4.78 is 40.6. The monoisotopic (exact) mass is 303 g/mol. The number of alkyl halides is 3. The fraction of sp³-hybridized carbons (Fsp3) is 0.357. The Morgan fingerprint density at radius 2 is 1.90 bits per heavy atom. The molecule has 0 aliphatic heterocycles. The van der Waals surface area contributed by atoms with Crippen molar-refractivity contribution in [1.82, 2.24) is 4.98 Å². The Kier molecular flexibility index (Phi) is 3.82. The van der Waals surface area contributed by atoms with Crippen molar-refractivity contribution < 1.29 is 17.9 Å². The normalized spacial score (nSPS) is 12.2. The smallest absolute Gasteiger partial charge is 0.406 e. The summed E-state index contributed by atoms with van der Waals surface area (Å²) in [7, 11) is 0. The van der Waals surface area contributed by atoms with Crippen molar-refractivity contribution >= 4 is 22.5 Å². The third-order valence-corrected chi connectivity index (χ3v) is 3.34. The van der Waals surface area contributed by atoms with Gasteiger partial charge in [-0.25, -0.2) is 0 Å². The summed E-state index contributed by atoms with van der Waals surface area (Å²) in [5, 5.41) is 0.887. The molecule has 2 aromatic rings. The molecular formula is C14H13ClF3NO. The highest BCUT2D eigenvalue weighted by Crippen LogP contribution is 2.35. The number of hydrogen-bond donors (Lipinski definition) is 0. The maximum atomic E-state index is 12.2. The quantitative estimate of drug-likeness (QED) is 0.759. The molecule has 0 saturated heterocycles. The second kappa shape index (κ2) is 5.13. The average Bonchev–Trinajstić information content (AvgIpc) is 2.27. The summed E-state index contributed by atoms with van der Waals surface area (Å²) in [6, 6.07) is 3.97. The highest BCUT2D eigenvalue weighted by molar-refractivity contribution is 6.36. The lowest BCUT2D eigenvalue weighted by atomic mass is 9.99. The van der Waals surface area contributed by atoms with Crippen LogP contribution in [0.15, 0.2) is 18.2 Å². The number of halogens is 4. The van der Waals surface area contributed by atoms with Gasteiger partial charge in [-0.1, -0.05) is 25.4 Å². The number of ether oxygens (including phenoxy) is 1. The molecule has 1 aromatic carbocycles. The van der Waals surface area contributed by atoms with E-state index in [1.54, 1.807) is 0 Å². The van der Waals surface area contributed by atoms with E-state index < -0.39 is 6.36 Å². The Hall–Kier alpha value is -1.49. The minimum absolute atomic E-state index is 0.131. The first-order valence-electron chi connectivity index (χ1n) is 6.04. The first-order valence-corrected chi connectivity index (χ1v) is 6.42. The highest BCUT2D eigenvalue weighted by atomic mass is 35.5. The molecule has 1 aromatic heterocycles. The van der Waals surface area contributed by atoms with Gasteiger partial charge in [-0.15, -0.1) is 13.2 Å². The molecule has 2 nitrogen and oxygen atoms in total. The third-order valence-electron chi connectivity index (χ3n) is 2.93. The number of hydrogen-bond acceptors (Lipinski definition) is 2. The van der Waals surface area contributed by atoms with Crippen LogP contribution in [0.5, 0.6) is 5.75 Å². The predicted molar refractivity (Wildman–Crippen MR) is 72.3 cm³/mol. The van der Waals surface area contributed by atoms with Crippen molar-refractivity contribution in [3.05, 3.63) is 34.5 Å². The van der Waals surface area contributed by atoms with E-state index >= 15 is 0 Å². The molecule has 0 bridgehead atoms. The van der Waals surface area contributed by atoms with Crippen LogP contribution < -0.4 is 4.74 Å². The van der Waals surface area contributed by atoms with Crippen molar-refractivity contribution in [3.8, 4) is 5.75 Å². The number of rotatable bonds is 2. The van der Waals surface area contributed by atoms with Gasteiger partial charge in [0, 0.05) is 11.1 Å². The molecule has 0 aliphatic rings. The van der Waals surface area contributed by atoms with Gasteiger partial charge in [0.05, 0.1) is 10.5 Å². The summed E-state index contributed by atoms with van der Waals surface area (Å²) in [6.45, 7) is 5.75. The van der Waals surface area contributed by atoms with E-state index in [0.29, 0.717) is 15.9 Å². The van der Waals surface area contributed by atoms with Crippen LogP contribution in [-0.4, -0.2) is 11.3 Å². The Morgan fingerprint density at radius 3 is 2.45 bits per heavy atom. The number of aryl methyl sites for hydroxylation is 1. The van der Waals surface area contributed by atoms with Crippen molar-refractivity contribution in [3.63, 3.8) is 0 Å². The molecule has 0 N–H and O–H groups in total. The van der Waals surface area contributed by atoms with Gasteiger partial charge in [-0.3, -0.25) is 4.98 Å². The predicted octanol–water partition coefficient (Wildman–Crippen LogP) is 5.22. The minimum Gasteiger partial charge on any atom is -0.406 e. The van der Waals surface area contributed by atoms with E-state index in [2.05, 4.69) is 9.72 Å². The number of pyridine rings is 1. The molecule has 2 rings (SSSR count). The molecule has 0 unspecified atom stereocenters. The largest absolute Gasteiger partial charge is 0.573 e. The van der Waals surface area contributed by atoms with Crippen molar-refractivity contribution in [2.75, 3.05) is 0 Å². The van der Waals surface area contributed by atoms with Crippen molar-refractivity contribution in [2.24, 2.45) is 0 Å². The van der Waals surface area contributed by atoms with Crippen molar-refractivity contribution in [2.45, 2.75) is 33.1 Å². The molecule has 0 fully saturated rings. The maximum absolute atomic E-state index is 12.2. The molecule has 1 heterocycles. The van der Waals surface area contributed by atoms with Crippen LogP contribution in [0.3, 0.4) is 0 Å². The van der Waals surface area contributed by atoms with E-state index in [4.69, 9.17) is 11.6 Å². The van der Waals surface area contributed by atoms with E-state index in [-0.39, 0.29) is 11.7 Å².